The van der Waals surface area contributed by atoms with E-state index < -0.39 is 0 Å². The number of rotatable bonds is 5. The zero-order chi connectivity index (χ0) is 13.8. The van der Waals surface area contributed by atoms with Crippen LogP contribution in [0.2, 0.25) is 0 Å². The Morgan fingerprint density at radius 1 is 1.32 bits per heavy atom. The van der Waals surface area contributed by atoms with Crippen LogP contribution in [0.25, 0.3) is 0 Å². The third kappa shape index (κ3) is 3.58. The van der Waals surface area contributed by atoms with Crippen molar-refractivity contribution in [2.24, 2.45) is 5.92 Å². The number of ether oxygens (including phenoxy) is 1. The molecule has 1 fully saturated rings. The molecule has 3 unspecified atom stereocenters. The maximum atomic E-state index is 5.73. The number of nitrogens with one attached hydrogen (secondary N) is 1. The predicted molar refractivity (Wildman–Crippen MR) is 80.6 cm³/mol. The topological polar surface area (TPSA) is 21.3 Å². The molecule has 1 aromatic rings. The Bertz CT molecular complexity index is 416. The lowest BCUT2D eigenvalue weighted by molar-refractivity contribution is 0.0956. The second-order valence-corrected chi connectivity index (χ2v) is 5.82. The molecular formula is C17H27NO. The van der Waals surface area contributed by atoms with Gasteiger partial charge in [-0.25, -0.2) is 0 Å². The van der Waals surface area contributed by atoms with Crippen LogP contribution in [0.5, 0.6) is 0 Å². The highest BCUT2D eigenvalue weighted by atomic mass is 16.5. The summed E-state index contributed by atoms with van der Waals surface area (Å²) in [7, 11) is 0. The third-order valence-corrected chi connectivity index (χ3v) is 4.44. The quantitative estimate of drug-likeness (QED) is 0.878. The SMILES string of the molecule is CCNC(Cc1ccc(C)c(C)c1)C1CCOC1C. The van der Waals surface area contributed by atoms with Gasteiger partial charge in [0.2, 0.25) is 0 Å². The molecule has 2 heteroatoms. The first-order valence-corrected chi connectivity index (χ1v) is 7.53. The number of likely N-dealkylation sites (N-methyl/N-ethyl adjacent to an activating group) is 1. The number of benzene rings is 1. The Morgan fingerprint density at radius 2 is 2.11 bits per heavy atom. The van der Waals surface area contributed by atoms with Gasteiger partial charge in [-0.1, -0.05) is 25.1 Å². The van der Waals surface area contributed by atoms with Gasteiger partial charge >= 0.3 is 0 Å². The highest BCUT2D eigenvalue weighted by Crippen LogP contribution is 2.26. The van der Waals surface area contributed by atoms with Crippen LogP contribution in [0, 0.1) is 19.8 Å². The van der Waals surface area contributed by atoms with Gasteiger partial charge in [0.1, 0.15) is 0 Å². The summed E-state index contributed by atoms with van der Waals surface area (Å²) in [6, 6.07) is 7.37. The van der Waals surface area contributed by atoms with Gasteiger partial charge < -0.3 is 10.1 Å². The molecule has 1 N–H and O–H groups in total. The predicted octanol–water partition coefficient (Wildman–Crippen LogP) is 3.25. The Balaban J connectivity index is 2.09. The van der Waals surface area contributed by atoms with E-state index in [-0.39, 0.29) is 0 Å². The monoisotopic (exact) mass is 261 g/mol. The molecule has 0 radical (unpaired) electrons. The summed E-state index contributed by atoms with van der Waals surface area (Å²) < 4.78 is 5.73. The Labute approximate surface area is 117 Å². The van der Waals surface area contributed by atoms with Crippen molar-refractivity contribution in [1.29, 1.82) is 0 Å². The van der Waals surface area contributed by atoms with Crippen LogP contribution in [0.3, 0.4) is 0 Å². The van der Waals surface area contributed by atoms with Gasteiger partial charge in [-0.05, 0) is 56.8 Å². The fraction of sp³-hybridized carbons (Fsp3) is 0.647. The van der Waals surface area contributed by atoms with E-state index in [1.807, 2.05) is 0 Å². The average Bonchev–Trinajstić information content (AvgIpc) is 2.79. The molecule has 106 valence electrons. The maximum absolute atomic E-state index is 5.73. The molecule has 0 spiro atoms. The van der Waals surface area contributed by atoms with Crippen molar-refractivity contribution in [2.75, 3.05) is 13.2 Å². The normalized spacial score (nSPS) is 24.6. The summed E-state index contributed by atoms with van der Waals surface area (Å²) in [6.45, 7) is 10.7. The summed E-state index contributed by atoms with van der Waals surface area (Å²) in [5.74, 6) is 0.640. The molecule has 2 rings (SSSR count). The van der Waals surface area contributed by atoms with E-state index >= 15 is 0 Å². The first kappa shape index (κ1) is 14.5. The summed E-state index contributed by atoms with van der Waals surface area (Å²) in [5.41, 5.74) is 4.21. The van der Waals surface area contributed by atoms with Crippen LogP contribution in [0.1, 0.15) is 37.0 Å². The van der Waals surface area contributed by atoms with E-state index in [1.54, 1.807) is 0 Å². The van der Waals surface area contributed by atoms with Crippen molar-refractivity contribution in [3.05, 3.63) is 34.9 Å². The van der Waals surface area contributed by atoms with E-state index in [0.717, 1.165) is 19.6 Å². The molecule has 1 heterocycles. The lowest BCUT2D eigenvalue weighted by atomic mass is 9.88. The molecule has 1 saturated heterocycles. The summed E-state index contributed by atoms with van der Waals surface area (Å²) in [4.78, 5) is 0. The van der Waals surface area contributed by atoms with Crippen LogP contribution in [-0.4, -0.2) is 25.3 Å². The van der Waals surface area contributed by atoms with Crippen molar-refractivity contribution in [2.45, 2.75) is 52.7 Å². The first-order chi connectivity index (χ1) is 9.11. The van der Waals surface area contributed by atoms with Crippen molar-refractivity contribution < 1.29 is 4.74 Å². The molecule has 1 aliphatic heterocycles. The minimum absolute atomic E-state index is 0.385. The average molecular weight is 261 g/mol. The first-order valence-electron chi connectivity index (χ1n) is 7.53. The van der Waals surface area contributed by atoms with E-state index in [1.165, 1.54) is 23.1 Å². The van der Waals surface area contributed by atoms with Gasteiger partial charge in [-0.3, -0.25) is 0 Å². The zero-order valence-corrected chi connectivity index (χ0v) is 12.7. The van der Waals surface area contributed by atoms with Crippen molar-refractivity contribution in [3.8, 4) is 0 Å². The Hall–Kier alpha value is -0.860. The van der Waals surface area contributed by atoms with Crippen LogP contribution in [-0.2, 0) is 11.2 Å². The second-order valence-electron chi connectivity index (χ2n) is 5.82. The minimum atomic E-state index is 0.385. The molecule has 3 atom stereocenters. The third-order valence-electron chi connectivity index (χ3n) is 4.44. The molecule has 0 amide bonds. The van der Waals surface area contributed by atoms with Crippen molar-refractivity contribution >= 4 is 0 Å². The lowest BCUT2D eigenvalue weighted by Gasteiger charge is -2.27. The standard InChI is InChI=1S/C17H27NO/c1-5-18-17(16-8-9-19-14(16)4)11-15-7-6-12(2)13(3)10-15/h6-7,10,14,16-18H,5,8-9,11H2,1-4H3. The van der Waals surface area contributed by atoms with Gasteiger partial charge in [0.25, 0.3) is 0 Å². The summed E-state index contributed by atoms with van der Waals surface area (Å²) in [6.07, 6.45) is 2.67. The van der Waals surface area contributed by atoms with Crippen LogP contribution in [0.4, 0.5) is 0 Å². The van der Waals surface area contributed by atoms with E-state index in [2.05, 4.69) is 51.2 Å². The van der Waals surface area contributed by atoms with Gasteiger partial charge in [-0.15, -0.1) is 0 Å². The molecule has 0 saturated carbocycles. The van der Waals surface area contributed by atoms with E-state index in [4.69, 9.17) is 4.74 Å². The fourth-order valence-electron chi connectivity index (χ4n) is 3.10. The smallest absolute Gasteiger partial charge is 0.0590 e. The van der Waals surface area contributed by atoms with Crippen LogP contribution in [0.15, 0.2) is 18.2 Å². The zero-order valence-electron chi connectivity index (χ0n) is 12.7. The van der Waals surface area contributed by atoms with Crippen LogP contribution < -0.4 is 5.32 Å². The minimum Gasteiger partial charge on any atom is -0.378 e. The number of hydrogen-bond acceptors (Lipinski definition) is 2. The highest BCUT2D eigenvalue weighted by Gasteiger charge is 2.31. The van der Waals surface area contributed by atoms with Gasteiger partial charge in [0, 0.05) is 18.6 Å². The van der Waals surface area contributed by atoms with Gasteiger partial charge in [-0.2, -0.15) is 0 Å². The van der Waals surface area contributed by atoms with E-state index in [0.29, 0.717) is 18.1 Å². The van der Waals surface area contributed by atoms with Crippen LogP contribution >= 0.6 is 0 Å². The fourth-order valence-corrected chi connectivity index (χ4v) is 3.10. The number of hydrogen-bond donors (Lipinski definition) is 1. The largest absolute Gasteiger partial charge is 0.378 e. The van der Waals surface area contributed by atoms with Crippen molar-refractivity contribution in [3.63, 3.8) is 0 Å². The molecule has 2 nitrogen and oxygen atoms in total. The highest BCUT2D eigenvalue weighted by molar-refractivity contribution is 5.30. The molecule has 0 bridgehead atoms. The molecule has 1 aliphatic rings. The van der Waals surface area contributed by atoms with Crippen molar-refractivity contribution in [1.82, 2.24) is 5.32 Å². The Morgan fingerprint density at radius 3 is 2.68 bits per heavy atom. The maximum Gasteiger partial charge on any atom is 0.0590 e. The number of aryl methyl sites for hydroxylation is 2. The Kier molecular flexibility index (Phi) is 5.00. The molecule has 19 heavy (non-hydrogen) atoms. The van der Waals surface area contributed by atoms with E-state index in [9.17, 15) is 0 Å². The van der Waals surface area contributed by atoms with Gasteiger partial charge in [0.05, 0.1) is 6.10 Å². The second kappa shape index (κ2) is 6.53. The lowest BCUT2D eigenvalue weighted by Crippen LogP contribution is -2.40. The molecule has 0 aromatic heterocycles. The summed E-state index contributed by atoms with van der Waals surface area (Å²) in [5, 5.41) is 3.66. The van der Waals surface area contributed by atoms with Gasteiger partial charge in [0.15, 0.2) is 0 Å². The molecule has 0 aliphatic carbocycles. The summed E-state index contributed by atoms with van der Waals surface area (Å²) >= 11 is 0. The molecule has 1 aromatic carbocycles. The molecular weight excluding hydrogens is 234 g/mol.